The predicted octanol–water partition coefficient (Wildman–Crippen LogP) is 0.624. The van der Waals surface area contributed by atoms with Crippen molar-refractivity contribution >= 4 is 17.8 Å². The summed E-state index contributed by atoms with van der Waals surface area (Å²) in [5.41, 5.74) is 0. The number of nitrogens with one attached hydrogen (secondary N) is 1. The second kappa shape index (κ2) is 6.77. The predicted molar refractivity (Wildman–Crippen MR) is 65.2 cm³/mol. The van der Waals surface area contributed by atoms with Crippen molar-refractivity contribution < 1.29 is 32.7 Å². The normalized spacial score (nSPS) is 21.9. The summed E-state index contributed by atoms with van der Waals surface area (Å²) in [4.78, 5) is 35.3. The van der Waals surface area contributed by atoms with Crippen molar-refractivity contribution in [3.63, 3.8) is 0 Å². The summed E-state index contributed by atoms with van der Waals surface area (Å²) in [6.45, 7) is -1.99. The van der Waals surface area contributed by atoms with Crippen LogP contribution in [0.15, 0.2) is 0 Å². The average molecular weight is 310 g/mol. The molecule has 0 aliphatic heterocycles. The first-order chi connectivity index (χ1) is 9.61. The molecular weight excluding hydrogens is 293 g/mol. The van der Waals surface area contributed by atoms with Gasteiger partial charge < -0.3 is 15.3 Å². The third-order valence-electron chi connectivity index (χ3n) is 3.39. The van der Waals surface area contributed by atoms with Crippen LogP contribution in [0.1, 0.15) is 19.3 Å². The van der Waals surface area contributed by atoms with Gasteiger partial charge in [0, 0.05) is 7.05 Å². The first-order valence-electron chi connectivity index (χ1n) is 6.43. The van der Waals surface area contributed by atoms with Crippen LogP contribution >= 0.6 is 0 Å². The summed E-state index contributed by atoms with van der Waals surface area (Å²) in [6, 6.07) is 0. The van der Waals surface area contributed by atoms with Crippen molar-refractivity contribution in [1.29, 1.82) is 0 Å². The molecule has 21 heavy (non-hydrogen) atoms. The van der Waals surface area contributed by atoms with Crippen LogP contribution in [-0.4, -0.2) is 54.1 Å². The Morgan fingerprint density at radius 1 is 1.24 bits per heavy atom. The number of halogens is 3. The van der Waals surface area contributed by atoms with Gasteiger partial charge in [0.2, 0.25) is 11.8 Å². The number of hydrogen-bond donors (Lipinski definition) is 2. The van der Waals surface area contributed by atoms with Gasteiger partial charge in [0.15, 0.2) is 0 Å². The van der Waals surface area contributed by atoms with Crippen molar-refractivity contribution in [2.45, 2.75) is 25.4 Å². The third kappa shape index (κ3) is 5.24. The van der Waals surface area contributed by atoms with Gasteiger partial charge >= 0.3 is 12.1 Å². The number of carboxylic acid groups (broad SMARTS) is 1. The summed E-state index contributed by atoms with van der Waals surface area (Å²) in [5.74, 6) is -4.04. The lowest BCUT2D eigenvalue weighted by molar-refractivity contribution is -0.149. The molecular formula is C12H17F3N2O4. The molecule has 0 aromatic carbocycles. The molecule has 2 atom stereocenters. The molecule has 9 heteroatoms. The summed E-state index contributed by atoms with van der Waals surface area (Å²) < 4.78 is 35.8. The smallest absolute Gasteiger partial charge is 0.405 e. The van der Waals surface area contributed by atoms with Crippen molar-refractivity contribution in [3.8, 4) is 0 Å². The number of alkyl halides is 3. The van der Waals surface area contributed by atoms with E-state index < -0.39 is 48.9 Å². The Kier molecular flexibility index (Phi) is 5.56. The zero-order chi connectivity index (χ0) is 16.2. The Morgan fingerprint density at radius 3 is 2.33 bits per heavy atom. The molecule has 0 aromatic rings. The van der Waals surface area contributed by atoms with Crippen LogP contribution < -0.4 is 5.32 Å². The minimum absolute atomic E-state index is 0.389. The van der Waals surface area contributed by atoms with E-state index in [2.05, 4.69) is 0 Å². The fraction of sp³-hybridized carbons (Fsp3) is 0.750. The molecule has 2 amide bonds. The highest BCUT2D eigenvalue weighted by atomic mass is 19.4. The topological polar surface area (TPSA) is 86.7 Å². The molecule has 1 saturated carbocycles. The Morgan fingerprint density at radius 2 is 1.81 bits per heavy atom. The fourth-order valence-corrected chi connectivity index (χ4v) is 2.38. The van der Waals surface area contributed by atoms with E-state index in [0.29, 0.717) is 19.3 Å². The van der Waals surface area contributed by atoms with E-state index in [4.69, 9.17) is 5.11 Å². The highest BCUT2D eigenvalue weighted by Crippen LogP contribution is 2.33. The zero-order valence-electron chi connectivity index (χ0n) is 11.4. The summed E-state index contributed by atoms with van der Waals surface area (Å²) >= 11 is 0. The average Bonchev–Trinajstić information content (AvgIpc) is 2.83. The Bertz CT molecular complexity index is 425. The second-order valence-electron chi connectivity index (χ2n) is 5.07. The molecule has 0 heterocycles. The molecule has 0 spiro atoms. The standard InChI is InChI=1S/C12H17F3N2O4/c1-17(5-9(18)16-6-12(13,14)15)10(19)7-3-2-4-8(7)11(20)21/h7-8H,2-6H2,1H3,(H,16,18)(H,20,21)/t7-,8+/m1/s1. The van der Waals surface area contributed by atoms with Crippen molar-refractivity contribution in [1.82, 2.24) is 10.2 Å². The maximum atomic E-state index is 12.1. The molecule has 2 N–H and O–H groups in total. The van der Waals surface area contributed by atoms with Gasteiger partial charge in [-0.2, -0.15) is 13.2 Å². The molecule has 0 unspecified atom stereocenters. The number of rotatable bonds is 5. The fourth-order valence-electron chi connectivity index (χ4n) is 2.38. The van der Waals surface area contributed by atoms with E-state index in [1.807, 2.05) is 0 Å². The molecule has 0 saturated heterocycles. The molecule has 1 fully saturated rings. The van der Waals surface area contributed by atoms with Gasteiger partial charge in [-0.3, -0.25) is 14.4 Å². The Labute approximate surface area is 119 Å². The lowest BCUT2D eigenvalue weighted by atomic mass is 9.95. The maximum absolute atomic E-state index is 12.1. The van der Waals surface area contributed by atoms with Gasteiger partial charge in [0.05, 0.1) is 18.4 Å². The van der Waals surface area contributed by atoms with Crippen LogP contribution in [0.5, 0.6) is 0 Å². The first kappa shape index (κ1) is 17.3. The number of amides is 2. The van der Waals surface area contributed by atoms with Crippen molar-refractivity contribution in [2.24, 2.45) is 11.8 Å². The SMILES string of the molecule is CN(CC(=O)NCC(F)(F)F)C(=O)[C@@H]1CCC[C@@H]1C(=O)O. The highest BCUT2D eigenvalue weighted by Gasteiger charge is 2.39. The first-order valence-corrected chi connectivity index (χ1v) is 6.43. The van der Waals surface area contributed by atoms with Gasteiger partial charge in [-0.15, -0.1) is 0 Å². The molecule has 0 radical (unpaired) electrons. The van der Waals surface area contributed by atoms with E-state index in [0.717, 1.165) is 4.90 Å². The number of carbonyl (C=O) groups excluding carboxylic acids is 2. The molecule has 0 aromatic heterocycles. The molecule has 1 aliphatic rings. The number of carbonyl (C=O) groups is 3. The quantitative estimate of drug-likeness (QED) is 0.779. The summed E-state index contributed by atoms with van der Waals surface area (Å²) in [5, 5.41) is 10.7. The Hall–Kier alpha value is -1.80. The maximum Gasteiger partial charge on any atom is 0.405 e. The third-order valence-corrected chi connectivity index (χ3v) is 3.39. The molecule has 120 valence electrons. The molecule has 0 bridgehead atoms. The second-order valence-corrected chi connectivity index (χ2v) is 5.07. The molecule has 6 nitrogen and oxygen atoms in total. The number of carboxylic acids is 1. The van der Waals surface area contributed by atoms with E-state index in [1.165, 1.54) is 7.05 Å². The minimum atomic E-state index is -4.52. The molecule has 1 aliphatic carbocycles. The van der Waals surface area contributed by atoms with E-state index in [9.17, 15) is 27.6 Å². The zero-order valence-corrected chi connectivity index (χ0v) is 11.4. The number of nitrogens with zero attached hydrogens (tertiary/aromatic N) is 1. The van der Waals surface area contributed by atoms with Gasteiger partial charge in [0.25, 0.3) is 0 Å². The van der Waals surface area contributed by atoms with Crippen LogP contribution in [0.25, 0.3) is 0 Å². The van der Waals surface area contributed by atoms with Crippen LogP contribution in [-0.2, 0) is 14.4 Å². The van der Waals surface area contributed by atoms with Crippen molar-refractivity contribution in [2.75, 3.05) is 20.1 Å². The van der Waals surface area contributed by atoms with E-state index in [1.54, 1.807) is 5.32 Å². The van der Waals surface area contributed by atoms with Crippen LogP contribution in [0.2, 0.25) is 0 Å². The lowest BCUT2D eigenvalue weighted by Crippen LogP contribution is -2.44. The number of likely N-dealkylation sites (N-methyl/N-ethyl adjacent to an activating group) is 1. The minimum Gasteiger partial charge on any atom is -0.481 e. The van der Waals surface area contributed by atoms with Gasteiger partial charge in [-0.1, -0.05) is 6.42 Å². The van der Waals surface area contributed by atoms with Gasteiger partial charge in [-0.25, -0.2) is 0 Å². The Balaban J connectivity index is 2.51. The van der Waals surface area contributed by atoms with Gasteiger partial charge in [0.1, 0.15) is 6.54 Å². The van der Waals surface area contributed by atoms with E-state index in [-0.39, 0.29) is 0 Å². The number of hydrogen-bond acceptors (Lipinski definition) is 3. The van der Waals surface area contributed by atoms with Gasteiger partial charge in [-0.05, 0) is 12.8 Å². The summed E-state index contributed by atoms with van der Waals surface area (Å²) in [7, 11) is 1.27. The van der Waals surface area contributed by atoms with Crippen LogP contribution in [0.3, 0.4) is 0 Å². The van der Waals surface area contributed by atoms with Crippen LogP contribution in [0, 0.1) is 11.8 Å². The lowest BCUT2D eigenvalue weighted by Gasteiger charge is -2.23. The van der Waals surface area contributed by atoms with Crippen LogP contribution in [0.4, 0.5) is 13.2 Å². The van der Waals surface area contributed by atoms with E-state index >= 15 is 0 Å². The number of aliphatic carboxylic acids is 1. The largest absolute Gasteiger partial charge is 0.481 e. The monoisotopic (exact) mass is 310 g/mol. The highest BCUT2D eigenvalue weighted by molar-refractivity contribution is 5.88. The summed E-state index contributed by atoms with van der Waals surface area (Å²) in [6.07, 6.45) is -3.12. The molecule has 1 rings (SSSR count). The van der Waals surface area contributed by atoms with Crippen molar-refractivity contribution in [3.05, 3.63) is 0 Å².